The fourth-order valence-corrected chi connectivity index (χ4v) is 5.32. The van der Waals surface area contributed by atoms with Crippen LogP contribution in [0.15, 0.2) is 126 Å². The Labute approximate surface area is 224 Å². The van der Waals surface area contributed by atoms with Crippen molar-refractivity contribution in [3.8, 4) is 28.4 Å². The Balaban J connectivity index is 1.34. The number of aromatic nitrogens is 2. The van der Waals surface area contributed by atoms with Crippen molar-refractivity contribution in [2.75, 3.05) is 0 Å². The second-order valence-corrected chi connectivity index (χ2v) is 9.40. The average molecular weight is 506 g/mol. The predicted molar refractivity (Wildman–Crippen MR) is 159 cm³/mol. The lowest BCUT2D eigenvalue weighted by Gasteiger charge is -2.09. The smallest absolute Gasteiger partial charge is 0.134 e. The zero-order valence-corrected chi connectivity index (χ0v) is 20.9. The standard InChI is InChI=1S/C34H23N3O2/c38-31-18-7-10-22-9-6-16-28(32(22)31)35-21-23-11-8-15-27(36-23)25-19-20-30-33(34(25)39)26-14-4-5-17-29(26)37(30)24-12-2-1-3-13-24/h1-21,38-39H. The van der Waals surface area contributed by atoms with Gasteiger partial charge in [-0.15, -0.1) is 0 Å². The summed E-state index contributed by atoms with van der Waals surface area (Å²) < 4.78 is 2.17. The molecule has 0 aliphatic carbocycles. The summed E-state index contributed by atoms with van der Waals surface area (Å²) in [5.74, 6) is 0.383. The Morgan fingerprint density at radius 3 is 2.28 bits per heavy atom. The molecule has 0 unspecified atom stereocenters. The Morgan fingerprint density at radius 1 is 0.641 bits per heavy atom. The van der Waals surface area contributed by atoms with Gasteiger partial charge in [0.05, 0.1) is 39.7 Å². The maximum absolute atomic E-state index is 11.6. The number of para-hydroxylation sites is 2. The fourth-order valence-electron chi connectivity index (χ4n) is 5.32. The molecule has 5 heteroatoms. The van der Waals surface area contributed by atoms with E-state index in [1.165, 1.54) is 0 Å². The van der Waals surface area contributed by atoms with E-state index in [0.717, 1.165) is 32.9 Å². The number of hydrogen-bond donors (Lipinski definition) is 2. The summed E-state index contributed by atoms with van der Waals surface area (Å²) in [6.45, 7) is 0. The summed E-state index contributed by atoms with van der Waals surface area (Å²) in [5, 5.41) is 25.4. The summed E-state index contributed by atoms with van der Waals surface area (Å²) >= 11 is 0. The third kappa shape index (κ3) is 3.80. The van der Waals surface area contributed by atoms with Gasteiger partial charge >= 0.3 is 0 Å². The van der Waals surface area contributed by atoms with Crippen molar-refractivity contribution in [1.29, 1.82) is 0 Å². The third-order valence-corrected chi connectivity index (χ3v) is 7.07. The molecule has 0 aliphatic rings. The van der Waals surface area contributed by atoms with Crippen LogP contribution in [0, 0.1) is 0 Å². The highest BCUT2D eigenvalue weighted by molar-refractivity contribution is 6.14. The number of fused-ring (bicyclic) bond motifs is 4. The first kappa shape index (κ1) is 22.8. The molecular formula is C34H23N3O2. The number of pyridine rings is 1. The lowest BCUT2D eigenvalue weighted by atomic mass is 10.0. The van der Waals surface area contributed by atoms with Crippen LogP contribution in [0.3, 0.4) is 0 Å². The van der Waals surface area contributed by atoms with Crippen molar-refractivity contribution in [1.82, 2.24) is 9.55 Å². The molecule has 5 aromatic carbocycles. The Bertz CT molecular complexity index is 2040. The largest absolute Gasteiger partial charge is 0.507 e. The van der Waals surface area contributed by atoms with Gasteiger partial charge in [0, 0.05) is 22.0 Å². The summed E-state index contributed by atoms with van der Waals surface area (Å²) in [4.78, 5) is 9.43. The number of benzene rings is 5. The molecular weight excluding hydrogens is 482 g/mol. The molecule has 39 heavy (non-hydrogen) atoms. The Kier molecular flexibility index (Phi) is 5.34. The van der Waals surface area contributed by atoms with Crippen molar-refractivity contribution in [2.24, 2.45) is 4.99 Å². The molecule has 0 saturated heterocycles. The van der Waals surface area contributed by atoms with E-state index in [4.69, 9.17) is 4.98 Å². The van der Waals surface area contributed by atoms with Gasteiger partial charge in [0.15, 0.2) is 0 Å². The van der Waals surface area contributed by atoms with Crippen molar-refractivity contribution < 1.29 is 10.2 Å². The quantitative estimate of drug-likeness (QED) is 0.237. The molecule has 0 atom stereocenters. The molecule has 5 nitrogen and oxygen atoms in total. The minimum Gasteiger partial charge on any atom is -0.507 e. The molecule has 2 N–H and O–H groups in total. The highest BCUT2D eigenvalue weighted by Crippen LogP contribution is 2.42. The van der Waals surface area contributed by atoms with Crippen LogP contribution < -0.4 is 0 Å². The average Bonchev–Trinajstić information content (AvgIpc) is 3.32. The van der Waals surface area contributed by atoms with E-state index in [1.807, 2.05) is 97.1 Å². The van der Waals surface area contributed by atoms with Crippen LogP contribution >= 0.6 is 0 Å². The summed E-state index contributed by atoms with van der Waals surface area (Å²) in [6.07, 6.45) is 1.68. The van der Waals surface area contributed by atoms with Gasteiger partial charge in [-0.25, -0.2) is 4.98 Å². The number of rotatable bonds is 4. The van der Waals surface area contributed by atoms with E-state index in [2.05, 4.69) is 27.8 Å². The minimum atomic E-state index is 0.190. The molecule has 0 spiro atoms. The second-order valence-electron chi connectivity index (χ2n) is 9.40. The third-order valence-electron chi connectivity index (χ3n) is 7.07. The summed E-state index contributed by atoms with van der Waals surface area (Å²) in [5.41, 5.74) is 5.59. The number of aliphatic imine (C=N–C) groups is 1. The normalized spacial score (nSPS) is 11.7. The molecule has 7 rings (SSSR count). The molecule has 0 amide bonds. The lowest BCUT2D eigenvalue weighted by molar-refractivity contribution is 0.481. The number of phenols is 2. The number of nitrogens with zero attached hydrogens (tertiary/aromatic N) is 3. The maximum atomic E-state index is 11.6. The Hall–Kier alpha value is -5.42. The summed E-state index contributed by atoms with van der Waals surface area (Å²) in [7, 11) is 0. The van der Waals surface area contributed by atoms with Gasteiger partial charge in [-0.3, -0.25) is 4.99 Å². The van der Waals surface area contributed by atoms with E-state index in [1.54, 1.807) is 12.3 Å². The zero-order chi connectivity index (χ0) is 26.3. The molecule has 0 aliphatic heterocycles. The first-order chi connectivity index (χ1) is 19.2. The number of hydrogen-bond acceptors (Lipinski definition) is 4. The van der Waals surface area contributed by atoms with E-state index < -0.39 is 0 Å². The Morgan fingerprint density at radius 2 is 1.41 bits per heavy atom. The van der Waals surface area contributed by atoms with Crippen molar-refractivity contribution in [3.05, 3.63) is 127 Å². The highest BCUT2D eigenvalue weighted by atomic mass is 16.3. The van der Waals surface area contributed by atoms with Crippen molar-refractivity contribution in [3.63, 3.8) is 0 Å². The fraction of sp³-hybridized carbons (Fsp3) is 0. The molecule has 0 radical (unpaired) electrons. The van der Waals surface area contributed by atoms with E-state index in [-0.39, 0.29) is 11.5 Å². The van der Waals surface area contributed by atoms with Crippen molar-refractivity contribution >= 4 is 44.5 Å². The van der Waals surface area contributed by atoms with Gasteiger partial charge in [0.1, 0.15) is 11.5 Å². The monoisotopic (exact) mass is 505 g/mol. The van der Waals surface area contributed by atoms with Gasteiger partial charge in [-0.05, 0) is 60.0 Å². The number of aromatic hydroxyl groups is 2. The van der Waals surface area contributed by atoms with Gasteiger partial charge in [-0.2, -0.15) is 0 Å². The van der Waals surface area contributed by atoms with Crippen LogP contribution in [-0.2, 0) is 0 Å². The molecule has 2 aromatic heterocycles. The van der Waals surface area contributed by atoms with Crippen molar-refractivity contribution in [2.45, 2.75) is 0 Å². The van der Waals surface area contributed by atoms with E-state index in [9.17, 15) is 10.2 Å². The van der Waals surface area contributed by atoms with Crippen LogP contribution in [0.4, 0.5) is 5.69 Å². The molecule has 7 aromatic rings. The van der Waals surface area contributed by atoms with Crippen LogP contribution in [0.1, 0.15) is 5.69 Å². The maximum Gasteiger partial charge on any atom is 0.134 e. The van der Waals surface area contributed by atoms with E-state index in [0.29, 0.717) is 28.0 Å². The molecule has 0 bridgehead atoms. The van der Waals surface area contributed by atoms with Crippen LogP contribution in [0.5, 0.6) is 11.5 Å². The van der Waals surface area contributed by atoms with Gasteiger partial charge < -0.3 is 14.8 Å². The van der Waals surface area contributed by atoms with Gasteiger partial charge in [0.25, 0.3) is 0 Å². The van der Waals surface area contributed by atoms with Crippen LogP contribution in [0.25, 0.3) is 49.5 Å². The topological polar surface area (TPSA) is 70.6 Å². The van der Waals surface area contributed by atoms with E-state index >= 15 is 0 Å². The molecule has 2 heterocycles. The highest BCUT2D eigenvalue weighted by Gasteiger charge is 2.18. The first-order valence-electron chi connectivity index (χ1n) is 12.7. The SMILES string of the molecule is Oc1cccc2cccc(N=Cc3cccc(-c4ccc5c(c4O)c4ccccc4n5-c4ccccc4)n3)c12. The first-order valence-corrected chi connectivity index (χ1v) is 12.7. The second kappa shape index (κ2) is 9.15. The summed E-state index contributed by atoms with van der Waals surface area (Å²) in [6, 6.07) is 39.0. The minimum absolute atomic E-state index is 0.190. The van der Waals surface area contributed by atoms with Gasteiger partial charge in [0.2, 0.25) is 0 Å². The molecule has 0 fully saturated rings. The van der Waals surface area contributed by atoms with Crippen LogP contribution in [0.2, 0.25) is 0 Å². The zero-order valence-electron chi connectivity index (χ0n) is 20.9. The van der Waals surface area contributed by atoms with Crippen LogP contribution in [-0.4, -0.2) is 26.0 Å². The molecule has 0 saturated carbocycles. The van der Waals surface area contributed by atoms with Gasteiger partial charge in [-0.1, -0.05) is 66.7 Å². The number of phenolic OH excluding ortho intramolecular Hbond substituents is 2. The predicted octanol–water partition coefficient (Wildman–Crippen LogP) is 8.16. The lowest BCUT2D eigenvalue weighted by Crippen LogP contribution is -1.94. The molecule has 186 valence electrons.